The van der Waals surface area contributed by atoms with Crippen LogP contribution < -0.4 is 10.3 Å². The number of benzene rings is 2. The van der Waals surface area contributed by atoms with Gasteiger partial charge in [0.2, 0.25) is 16.0 Å². The third-order valence-electron chi connectivity index (χ3n) is 8.72. The van der Waals surface area contributed by atoms with Crippen molar-refractivity contribution in [3.63, 3.8) is 0 Å². The molecule has 0 bridgehead atoms. The third-order valence-corrected chi connectivity index (χ3v) is 11.1. The summed E-state index contributed by atoms with van der Waals surface area (Å²) in [6.45, 7) is 5.97. The molecular formula is C33H35F3N8O3S2. The molecule has 0 aliphatic carbocycles. The van der Waals surface area contributed by atoms with Gasteiger partial charge in [-0.25, -0.2) is 18.8 Å². The highest BCUT2D eigenvalue weighted by molar-refractivity contribution is 7.88. The molecule has 7 rings (SSSR count). The number of halogens is 3. The topological polar surface area (TPSA) is 108 Å². The van der Waals surface area contributed by atoms with E-state index in [9.17, 15) is 21.6 Å². The maximum absolute atomic E-state index is 13.1. The van der Waals surface area contributed by atoms with Crippen LogP contribution in [0.3, 0.4) is 0 Å². The fourth-order valence-electron chi connectivity index (χ4n) is 6.19. The Kier molecular flexibility index (Phi) is 9.32. The minimum atomic E-state index is -4.38. The Hall–Kier alpha value is -4.09. The van der Waals surface area contributed by atoms with Crippen molar-refractivity contribution < 1.29 is 26.3 Å². The van der Waals surface area contributed by atoms with E-state index in [-0.39, 0.29) is 0 Å². The Labute approximate surface area is 285 Å². The van der Waals surface area contributed by atoms with Gasteiger partial charge in [-0.15, -0.1) is 11.3 Å². The normalized spacial score (nSPS) is 17.1. The first-order valence-electron chi connectivity index (χ1n) is 15.8. The highest BCUT2D eigenvalue weighted by Crippen LogP contribution is 2.34. The lowest BCUT2D eigenvalue weighted by Gasteiger charge is -2.32. The number of alkyl halides is 3. The molecule has 11 nitrogen and oxygen atoms in total. The van der Waals surface area contributed by atoms with E-state index in [1.54, 1.807) is 17.6 Å². The molecule has 49 heavy (non-hydrogen) atoms. The number of rotatable bonds is 9. The van der Waals surface area contributed by atoms with Gasteiger partial charge in [-0.2, -0.15) is 27.6 Å². The molecule has 2 saturated heterocycles. The fraction of sp³-hybridized carbons (Fsp3) is 0.364. The lowest BCUT2D eigenvalue weighted by atomic mass is 10.1. The van der Waals surface area contributed by atoms with Crippen LogP contribution >= 0.6 is 11.3 Å². The SMILES string of the molecule is CS(=O)(=O)N1CCN(Cc2cc3nc(N/N=C/c4cn(Cc5ccc(C(F)(F)F)cc5)c5ccccc45)nc(N4CCOCC4)c3s2)CC1. The summed E-state index contributed by atoms with van der Waals surface area (Å²) in [6.07, 6.45) is 0.499. The molecule has 16 heteroatoms. The number of fused-ring (bicyclic) bond motifs is 2. The largest absolute Gasteiger partial charge is 0.416 e. The van der Waals surface area contributed by atoms with Crippen LogP contribution in [0.2, 0.25) is 0 Å². The number of hydrogen-bond acceptors (Lipinski definition) is 10. The van der Waals surface area contributed by atoms with Gasteiger partial charge < -0.3 is 14.2 Å². The maximum Gasteiger partial charge on any atom is 0.416 e. The number of nitrogens with zero attached hydrogens (tertiary/aromatic N) is 7. The van der Waals surface area contributed by atoms with Crippen LogP contribution in [-0.4, -0.2) is 97.1 Å². The molecule has 0 radical (unpaired) electrons. The summed E-state index contributed by atoms with van der Waals surface area (Å²) in [5, 5.41) is 5.45. The maximum atomic E-state index is 13.1. The molecule has 2 fully saturated rings. The zero-order chi connectivity index (χ0) is 34.2. The van der Waals surface area contributed by atoms with Crippen LogP contribution in [0.5, 0.6) is 0 Å². The molecule has 5 heterocycles. The number of hydrogen-bond donors (Lipinski definition) is 1. The first-order valence-corrected chi connectivity index (χ1v) is 18.5. The van der Waals surface area contributed by atoms with Crippen molar-refractivity contribution in [2.75, 3.05) is 69.1 Å². The number of nitrogens with one attached hydrogen (secondary N) is 1. The summed E-state index contributed by atoms with van der Waals surface area (Å²) in [5.74, 6) is 1.17. The van der Waals surface area contributed by atoms with Gasteiger partial charge in [-0.3, -0.25) is 4.90 Å². The first-order chi connectivity index (χ1) is 23.5. The zero-order valence-corrected chi connectivity index (χ0v) is 28.4. The second-order valence-corrected chi connectivity index (χ2v) is 15.2. The van der Waals surface area contributed by atoms with Crippen molar-refractivity contribution in [1.29, 1.82) is 0 Å². The first kappa shape index (κ1) is 33.4. The van der Waals surface area contributed by atoms with Crippen LogP contribution in [0, 0.1) is 0 Å². The molecule has 0 atom stereocenters. The van der Waals surface area contributed by atoms with Crippen molar-refractivity contribution in [3.05, 3.63) is 82.4 Å². The van der Waals surface area contributed by atoms with E-state index in [2.05, 4.69) is 26.4 Å². The summed E-state index contributed by atoms with van der Waals surface area (Å²) < 4.78 is 73.1. The Morgan fingerprint density at radius 3 is 2.43 bits per heavy atom. The molecule has 0 spiro atoms. The van der Waals surface area contributed by atoms with E-state index < -0.39 is 21.8 Å². The molecule has 2 aromatic carbocycles. The quantitative estimate of drug-likeness (QED) is 0.167. The Morgan fingerprint density at radius 1 is 0.980 bits per heavy atom. The fourth-order valence-corrected chi connectivity index (χ4v) is 8.17. The average Bonchev–Trinajstić information content (AvgIpc) is 3.65. The summed E-state index contributed by atoms with van der Waals surface area (Å²) in [5.41, 5.74) is 5.66. The van der Waals surface area contributed by atoms with Crippen LogP contribution in [0.4, 0.5) is 24.9 Å². The summed E-state index contributed by atoms with van der Waals surface area (Å²) in [7, 11) is -3.20. The number of sulfonamides is 1. The van der Waals surface area contributed by atoms with Gasteiger partial charge in [0.05, 0.1) is 41.5 Å². The Bertz CT molecular complexity index is 2080. The van der Waals surface area contributed by atoms with Gasteiger partial charge >= 0.3 is 6.18 Å². The smallest absolute Gasteiger partial charge is 0.378 e. The summed E-state index contributed by atoms with van der Waals surface area (Å²) >= 11 is 1.65. The lowest BCUT2D eigenvalue weighted by Crippen LogP contribution is -2.47. The van der Waals surface area contributed by atoms with Gasteiger partial charge in [-0.1, -0.05) is 30.3 Å². The predicted molar refractivity (Wildman–Crippen MR) is 186 cm³/mol. The summed E-state index contributed by atoms with van der Waals surface area (Å²) in [6, 6.07) is 15.1. The predicted octanol–water partition coefficient (Wildman–Crippen LogP) is 5.07. The van der Waals surface area contributed by atoms with E-state index in [0.29, 0.717) is 71.5 Å². The molecule has 2 aliphatic heterocycles. The molecular weight excluding hydrogens is 678 g/mol. The molecule has 0 unspecified atom stereocenters. The third kappa shape index (κ3) is 7.57. The Morgan fingerprint density at radius 2 is 1.71 bits per heavy atom. The van der Waals surface area contributed by atoms with Crippen LogP contribution in [0.1, 0.15) is 21.6 Å². The minimum Gasteiger partial charge on any atom is -0.378 e. The van der Waals surface area contributed by atoms with Gasteiger partial charge in [-0.05, 0) is 29.8 Å². The van der Waals surface area contributed by atoms with Crippen molar-refractivity contribution in [1.82, 2.24) is 23.7 Å². The summed E-state index contributed by atoms with van der Waals surface area (Å²) in [4.78, 5) is 15.2. The van der Waals surface area contributed by atoms with Crippen LogP contribution in [-0.2, 0) is 34.0 Å². The van der Waals surface area contributed by atoms with E-state index in [1.165, 1.54) is 22.7 Å². The molecule has 0 saturated carbocycles. The standard InChI is InChI=1S/C33H35F3N8O3S2/c1-49(45,46)44-12-10-41(11-13-44)22-26-18-28-30(48-26)31(42-14-16-47-17-15-42)39-32(38-28)40-37-19-24-21-43(29-5-3-2-4-27(24)29)20-23-6-8-25(9-7-23)33(34,35)36/h2-9,18-19,21H,10-17,20,22H2,1H3,(H,38,39,40)/b37-19+. The average molecular weight is 713 g/mol. The molecule has 2 aliphatic rings. The number of piperazine rings is 1. The molecule has 0 amide bonds. The van der Waals surface area contributed by atoms with Crippen molar-refractivity contribution >= 4 is 60.5 Å². The van der Waals surface area contributed by atoms with Crippen molar-refractivity contribution in [3.8, 4) is 0 Å². The molecule has 258 valence electrons. The van der Waals surface area contributed by atoms with Gasteiger partial charge in [0.1, 0.15) is 0 Å². The molecule has 1 N–H and O–H groups in total. The van der Waals surface area contributed by atoms with E-state index in [4.69, 9.17) is 14.7 Å². The zero-order valence-electron chi connectivity index (χ0n) is 26.7. The van der Waals surface area contributed by atoms with Crippen molar-refractivity contribution in [2.24, 2.45) is 5.10 Å². The van der Waals surface area contributed by atoms with Gasteiger partial charge in [0, 0.05) is 79.9 Å². The monoisotopic (exact) mass is 712 g/mol. The van der Waals surface area contributed by atoms with E-state index in [1.807, 2.05) is 35.0 Å². The van der Waals surface area contributed by atoms with E-state index >= 15 is 0 Å². The number of aromatic nitrogens is 3. The van der Waals surface area contributed by atoms with Crippen LogP contribution in [0.15, 0.2) is 65.9 Å². The van der Waals surface area contributed by atoms with E-state index in [0.717, 1.165) is 55.1 Å². The minimum absolute atomic E-state index is 0.352. The second kappa shape index (κ2) is 13.7. The number of hydrazone groups is 1. The van der Waals surface area contributed by atoms with Crippen molar-refractivity contribution in [2.45, 2.75) is 19.3 Å². The molecule has 3 aromatic heterocycles. The number of anilines is 2. The van der Waals surface area contributed by atoms with Crippen LogP contribution in [0.25, 0.3) is 21.1 Å². The lowest BCUT2D eigenvalue weighted by molar-refractivity contribution is -0.137. The Balaban J connectivity index is 1.11. The number of para-hydroxylation sites is 1. The van der Waals surface area contributed by atoms with Gasteiger partial charge in [0.15, 0.2) is 5.82 Å². The highest BCUT2D eigenvalue weighted by atomic mass is 32.2. The number of thiophene rings is 1. The molecule has 5 aromatic rings. The van der Waals surface area contributed by atoms with Gasteiger partial charge in [0.25, 0.3) is 0 Å². The second-order valence-electron chi connectivity index (χ2n) is 12.1. The number of morpholine rings is 1. The number of ether oxygens (including phenoxy) is 1. The highest BCUT2D eigenvalue weighted by Gasteiger charge is 2.30.